The number of hydrogen-bond donors (Lipinski definition) is 1. The third kappa shape index (κ3) is 4.87. The number of nitrogens with zero attached hydrogens (tertiary/aromatic N) is 2. The molecule has 1 aromatic heterocycles. The summed E-state index contributed by atoms with van der Waals surface area (Å²) in [5, 5.41) is 15.1. The number of anilines is 1. The number of para-hydroxylation sites is 1. The highest BCUT2D eigenvalue weighted by molar-refractivity contribution is 7.91. The van der Waals surface area contributed by atoms with Crippen molar-refractivity contribution in [3.63, 3.8) is 0 Å². The molecule has 8 nitrogen and oxygen atoms in total. The van der Waals surface area contributed by atoms with Gasteiger partial charge in [-0.25, -0.2) is 18.4 Å². The molecule has 1 amide bonds. The molecule has 0 aliphatic carbocycles. The minimum atomic E-state index is -3.90. The Morgan fingerprint density at radius 3 is 2.52 bits per heavy atom. The highest BCUT2D eigenvalue weighted by Gasteiger charge is 2.20. The minimum Gasteiger partial charge on any atom is -0.452 e. The second kappa shape index (κ2) is 7.89. The van der Waals surface area contributed by atoms with Gasteiger partial charge in [-0.2, -0.15) is 5.26 Å². The summed E-state index contributed by atoms with van der Waals surface area (Å²) in [6.07, 6.45) is 0. The number of hydrogen-bond acceptors (Lipinski definition) is 7. The van der Waals surface area contributed by atoms with E-state index in [1.54, 1.807) is 30.3 Å². The van der Waals surface area contributed by atoms with Crippen LogP contribution in [0.4, 0.5) is 5.69 Å². The van der Waals surface area contributed by atoms with E-state index in [1.165, 1.54) is 10.3 Å². The predicted molar refractivity (Wildman–Crippen MR) is 90.4 cm³/mol. The minimum absolute atomic E-state index is 0.0200. The lowest BCUT2D eigenvalue weighted by atomic mass is 10.3. The fourth-order valence-electron chi connectivity index (χ4n) is 1.86. The predicted octanol–water partition coefficient (Wildman–Crippen LogP) is 1.11. The zero-order chi connectivity index (χ0) is 18.4. The molecule has 0 aliphatic heterocycles. The number of nitriles is 1. The molecule has 0 atom stereocenters. The van der Waals surface area contributed by atoms with Gasteiger partial charge < -0.3 is 4.74 Å². The molecule has 0 bridgehead atoms. The number of esters is 1. The number of rotatable bonds is 6. The van der Waals surface area contributed by atoms with Crippen LogP contribution in [0.5, 0.6) is 0 Å². The molecule has 2 N–H and O–H groups in total. The van der Waals surface area contributed by atoms with Crippen LogP contribution in [-0.2, 0) is 19.6 Å². The van der Waals surface area contributed by atoms with E-state index in [0.717, 1.165) is 17.4 Å². The van der Waals surface area contributed by atoms with Crippen LogP contribution in [0.2, 0.25) is 0 Å². The first-order valence-electron chi connectivity index (χ1n) is 6.83. The van der Waals surface area contributed by atoms with E-state index in [4.69, 9.17) is 15.1 Å². The second-order valence-electron chi connectivity index (χ2n) is 4.75. The Kier molecular flexibility index (Phi) is 5.87. The van der Waals surface area contributed by atoms with Crippen molar-refractivity contribution in [2.24, 2.45) is 5.14 Å². The second-order valence-corrected chi connectivity index (χ2v) is 7.45. The number of nitrogens with two attached hydrogens (primary N) is 1. The average Bonchev–Trinajstić information content (AvgIpc) is 3.08. The van der Waals surface area contributed by atoms with Gasteiger partial charge in [-0.05, 0) is 18.2 Å². The van der Waals surface area contributed by atoms with Crippen molar-refractivity contribution in [3.05, 3.63) is 47.3 Å². The Labute approximate surface area is 148 Å². The van der Waals surface area contributed by atoms with Crippen molar-refractivity contribution in [1.82, 2.24) is 0 Å². The molecule has 130 valence electrons. The molecule has 0 unspecified atom stereocenters. The van der Waals surface area contributed by atoms with Crippen molar-refractivity contribution in [3.8, 4) is 6.07 Å². The lowest BCUT2D eigenvalue weighted by Crippen LogP contribution is -2.35. The quantitative estimate of drug-likeness (QED) is 0.591. The molecule has 25 heavy (non-hydrogen) atoms. The fourth-order valence-corrected chi connectivity index (χ4v) is 3.44. The Morgan fingerprint density at radius 2 is 1.96 bits per heavy atom. The van der Waals surface area contributed by atoms with Gasteiger partial charge >= 0.3 is 5.97 Å². The summed E-state index contributed by atoms with van der Waals surface area (Å²) in [7, 11) is -3.90. The monoisotopic (exact) mass is 379 g/mol. The maximum atomic E-state index is 12.2. The molecular formula is C15H13N3O5S2. The van der Waals surface area contributed by atoms with E-state index >= 15 is 0 Å². The van der Waals surface area contributed by atoms with Gasteiger partial charge in [0, 0.05) is 11.1 Å². The standard InChI is InChI=1S/C15H13N3O5S2/c16-6-7-18(12-4-2-1-3-5-12)13(19)9-23-15(20)11-8-14(24-10-11)25(17,21)22/h1-5,8,10H,7,9H2,(H2,17,21,22). The molecule has 2 rings (SSSR count). The number of amides is 1. The summed E-state index contributed by atoms with van der Waals surface area (Å²) in [5.41, 5.74) is 0.477. The highest BCUT2D eigenvalue weighted by atomic mass is 32.2. The van der Waals surface area contributed by atoms with Crippen LogP contribution in [0, 0.1) is 11.3 Å². The number of ether oxygens (including phenoxy) is 1. The molecule has 0 fully saturated rings. The number of benzene rings is 1. The summed E-state index contributed by atoms with van der Waals surface area (Å²) in [4.78, 5) is 25.3. The molecule has 10 heteroatoms. The summed E-state index contributed by atoms with van der Waals surface area (Å²) in [5.74, 6) is -1.44. The van der Waals surface area contributed by atoms with Crippen LogP contribution in [0.25, 0.3) is 0 Å². The van der Waals surface area contributed by atoms with E-state index in [2.05, 4.69) is 0 Å². The van der Waals surface area contributed by atoms with Gasteiger partial charge in [0.15, 0.2) is 6.61 Å². The van der Waals surface area contributed by atoms with Gasteiger partial charge in [0.1, 0.15) is 10.8 Å². The van der Waals surface area contributed by atoms with E-state index < -0.39 is 28.5 Å². The molecule has 0 saturated carbocycles. The Morgan fingerprint density at radius 1 is 1.28 bits per heavy atom. The number of thiophene rings is 1. The summed E-state index contributed by atoms with van der Waals surface area (Å²) < 4.78 is 27.1. The zero-order valence-corrected chi connectivity index (χ0v) is 14.4. The van der Waals surface area contributed by atoms with Gasteiger partial charge in [-0.3, -0.25) is 9.69 Å². The normalized spacial score (nSPS) is 10.7. The summed E-state index contributed by atoms with van der Waals surface area (Å²) in [6.45, 7) is -0.787. The summed E-state index contributed by atoms with van der Waals surface area (Å²) in [6, 6.07) is 11.4. The topological polar surface area (TPSA) is 131 Å². The average molecular weight is 379 g/mol. The van der Waals surface area contributed by atoms with Crippen LogP contribution >= 0.6 is 11.3 Å². The molecule has 1 heterocycles. The smallest absolute Gasteiger partial charge is 0.339 e. The van der Waals surface area contributed by atoms with Crippen LogP contribution in [-0.4, -0.2) is 33.4 Å². The largest absolute Gasteiger partial charge is 0.452 e. The van der Waals surface area contributed by atoms with Gasteiger partial charge in [-0.1, -0.05) is 18.2 Å². The van der Waals surface area contributed by atoms with Gasteiger partial charge in [0.25, 0.3) is 5.91 Å². The van der Waals surface area contributed by atoms with Crippen molar-refractivity contribution in [2.45, 2.75) is 4.21 Å². The summed E-state index contributed by atoms with van der Waals surface area (Å²) >= 11 is 0.778. The van der Waals surface area contributed by atoms with E-state index in [0.29, 0.717) is 5.69 Å². The molecular weight excluding hydrogens is 366 g/mol. The van der Waals surface area contributed by atoms with Gasteiger partial charge in [-0.15, -0.1) is 11.3 Å². The van der Waals surface area contributed by atoms with Crippen LogP contribution in [0.1, 0.15) is 10.4 Å². The zero-order valence-electron chi connectivity index (χ0n) is 12.8. The maximum Gasteiger partial charge on any atom is 0.339 e. The van der Waals surface area contributed by atoms with E-state index in [1.807, 2.05) is 6.07 Å². The number of primary sulfonamides is 1. The SMILES string of the molecule is N#CCN(C(=O)COC(=O)c1csc(S(N)(=O)=O)c1)c1ccccc1. The van der Waals surface area contributed by atoms with E-state index in [9.17, 15) is 18.0 Å². The van der Waals surface area contributed by atoms with Crippen molar-refractivity contribution < 1.29 is 22.7 Å². The molecule has 0 aliphatic rings. The lowest BCUT2D eigenvalue weighted by Gasteiger charge is -2.19. The Hall–Kier alpha value is -2.74. The molecule has 2 aromatic rings. The van der Waals surface area contributed by atoms with Gasteiger partial charge in [0.05, 0.1) is 11.6 Å². The Balaban J connectivity index is 2.04. The molecule has 0 radical (unpaired) electrons. The van der Waals surface area contributed by atoms with Crippen molar-refractivity contribution in [1.29, 1.82) is 5.26 Å². The number of sulfonamides is 1. The third-order valence-corrected chi connectivity index (χ3v) is 5.40. The van der Waals surface area contributed by atoms with Crippen LogP contribution < -0.4 is 10.0 Å². The number of carbonyl (C=O) groups is 2. The molecule has 0 spiro atoms. The van der Waals surface area contributed by atoms with E-state index in [-0.39, 0.29) is 16.3 Å². The first-order chi connectivity index (χ1) is 11.8. The van der Waals surface area contributed by atoms with Crippen LogP contribution in [0.3, 0.4) is 0 Å². The number of carbonyl (C=O) groups excluding carboxylic acids is 2. The Bertz CT molecular complexity index is 916. The van der Waals surface area contributed by atoms with Gasteiger partial charge in [0.2, 0.25) is 10.0 Å². The van der Waals surface area contributed by atoms with Crippen molar-refractivity contribution >= 4 is 38.9 Å². The third-order valence-electron chi connectivity index (χ3n) is 3.02. The van der Waals surface area contributed by atoms with Crippen molar-refractivity contribution in [2.75, 3.05) is 18.1 Å². The van der Waals surface area contributed by atoms with Crippen LogP contribution in [0.15, 0.2) is 46.0 Å². The lowest BCUT2D eigenvalue weighted by molar-refractivity contribution is -0.121. The molecule has 1 aromatic carbocycles. The molecule has 0 saturated heterocycles. The first-order valence-corrected chi connectivity index (χ1v) is 9.26. The highest BCUT2D eigenvalue weighted by Crippen LogP contribution is 2.19. The maximum absolute atomic E-state index is 12.2. The fraction of sp³-hybridized carbons (Fsp3) is 0.133. The first kappa shape index (κ1) is 18.6.